The average molecular weight is 272 g/mol. The molecule has 0 spiro atoms. The maximum absolute atomic E-state index is 4.62. The lowest BCUT2D eigenvalue weighted by Gasteiger charge is -2.02. The third kappa shape index (κ3) is 1.89. The molecule has 98 valence electrons. The normalized spacial score (nSPS) is 11.6. The molecule has 0 atom stereocenters. The van der Waals surface area contributed by atoms with Crippen LogP contribution < -0.4 is 0 Å². The van der Waals surface area contributed by atoms with Crippen molar-refractivity contribution in [3.63, 3.8) is 0 Å². The van der Waals surface area contributed by atoms with Gasteiger partial charge in [-0.3, -0.25) is 0 Å². The van der Waals surface area contributed by atoms with E-state index in [-0.39, 0.29) is 0 Å². The highest BCUT2D eigenvalue weighted by atomic mass is 32.2. The van der Waals surface area contributed by atoms with Crippen LogP contribution in [0, 0.1) is 13.8 Å². The van der Waals surface area contributed by atoms with Crippen LogP contribution in [0.15, 0.2) is 17.3 Å². The molecule has 3 rings (SSSR count). The topological polar surface area (TPSA) is 43.6 Å². The van der Waals surface area contributed by atoms with Gasteiger partial charge in [-0.25, -0.2) is 4.98 Å². The summed E-state index contributed by atoms with van der Waals surface area (Å²) < 4.78 is 2.12. The predicted molar refractivity (Wildman–Crippen MR) is 79.7 cm³/mol. The molecule has 0 saturated heterocycles. The lowest BCUT2D eigenvalue weighted by atomic mass is 10.1. The molecule has 0 aliphatic heterocycles. The Bertz CT molecular complexity index is 776. The van der Waals surface area contributed by atoms with Gasteiger partial charge in [0.15, 0.2) is 5.65 Å². The Morgan fingerprint density at radius 2 is 2.00 bits per heavy atom. The lowest BCUT2D eigenvalue weighted by molar-refractivity contribution is 0.855. The Morgan fingerprint density at radius 1 is 1.21 bits per heavy atom. The number of hydrogen-bond donors (Lipinski definition) is 0. The number of benzene rings is 1. The number of nitrogens with zero attached hydrogens (tertiary/aromatic N) is 4. The molecule has 0 bridgehead atoms. The van der Waals surface area contributed by atoms with Crippen LogP contribution in [0.25, 0.3) is 22.1 Å². The van der Waals surface area contributed by atoms with Crippen LogP contribution in [0.1, 0.15) is 18.1 Å². The van der Waals surface area contributed by atoms with Crippen molar-refractivity contribution in [3.05, 3.63) is 23.3 Å². The summed E-state index contributed by atoms with van der Waals surface area (Å²) in [5.41, 5.74) is 5.49. The molecule has 4 nitrogen and oxygen atoms in total. The summed E-state index contributed by atoms with van der Waals surface area (Å²) in [5, 5.41) is 10.5. The summed E-state index contributed by atoms with van der Waals surface area (Å²) in [5.74, 6) is 0.954. The Balaban J connectivity index is 2.41. The number of aryl methyl sites for hydroxylation is 3. The van der Waals surface area contributed by atoms with Crippen LogP contribution in [0.5, 0.6) is 0 Å². The minimum absolute atomic E-state index is 0.746. The third-order valence-corrected chi connectivity index (χ3v) is 4.00. The Labute approximate surface area is 116 Å². The monoisotopic (exact) mass is 272 g/mol. The van der Waals surface area contributed by atoms with E-state index >= 15 is 0 Å². The van der Waals surface area contributed by atoms with Gasteiger partial charge in [0.2, 0.25) is 5.16 Å². The molecule has 0 aliphatic rings. The third-order valence-electron chi connectivity index (χ3n) is 3.28. The van der Waals surface area contributed by atoms with E-state index in [1.54, 1.807) is 11.8 Å². The maximum atomic E-state index is 4.62. The summed E-state index contributed by atoms with van der Waals surface area (Å²) in [6.45, 7) is 6.32. The van der Waals surface area contributed by atoms with Gasteiger partial charge in [0.05, 0.1) is 5.52 Å². The van der Waals surface area contributed by atoms with Crippen LogP contribution in [0.2, 0.25) is 0 Å². The number of rotatable bonds is 2. The first-order valence-corrected chi connectivity index (χ1v) is 7.33. The van der Waals surface area contributed by atoms with Crippen molar-refractivity contribution in [1.82, 2.24) is 19.7 Å². The van der Waals surface area contributed by atoms with Crippen molar-refractivity contribution in [2.75, 3.05) is 5.75 Å². The molecule has 5 heteroatoms. The summed E-state index contributed by atoms with van der Waals surface area (Å²) in [4.78, 5) is 4.62. The van der Waals surface area contributed by atoms with Crippen molar-refractivity contribution >= 4 is 33.8 Å². The number of aromatic nitrogens is 4. The van der Waals surface area contributed by atoms with Crippen LogP contribution in [0.4, 0.5) is 0 Å². The van der Waals surface area contributed by atoms with Gasteiger partial charge in [-0.1, -0.05) is 30.3 Å². The van der Waals surface area contributed by atoms with Crippen molar-refractivity contribution in [1.29, 1.82) is 0 Å². The molecule has 0 aliphatic carbocycles. The van der Waals surface area contributed by atoms with Gasteiger partial charge in [0, 0.05) is 12.4 Å². The van der Waals surface area contributed by atoms with Gasteiger partial charge in [0.25, 0.3) is 0 Å². The fourth-order valence-corrected chi connectivity index (χ4v) is 3.10. The lowest BCUT2D eigenvalue weighted by Crippen LogP contribution is -1.96. The number of fused-ring (bicyclic) bond motifs is 3. The maximum Gasteiger partial charge on any atom is 0.211 e. The minimum Gasteiger partial charge on any atom is -0.327 e. The standard InChI is InChI=1S/C14H16N4S/c1-5-19-14-15-13-11(16-17-14)10-7-8(2)6-9(3)12(10)18(13)4/h6-7H,5H2,1-4H3. The molecule has 19 heavy (non-hydrogen) atoms. The Hall–Kier alpha value is -1.62. The fourth-order valence-electron chi connectivity index (χ4n) is 2.59. The molecule has 0 saturated carbocycles. The summed E-state index contributed by atoms with van der Waals surface area (Å²) in [6, 6.07) is 4.35. The van der Waals surface area contributed by atoms with Crippen molar-refractivity contribution in [3.8, 4) is 0 Å². The second-order valence-corrected chi connectivity index (χ2v) is 5.97. The molecular formula is C14H16N4S. The van der Waals surface area contributed by atoms with Crippen LogP contribution >= 0.6 is 11.8 Å². The molecule has 0 radical (unpaired) electrons. The highest BCUT2D eigenvalue weighted by molar-refractivity contribution is 7.99. The zero-order chi connectivity index (χ0) is 13.6. The van der Waals surface area contributed by atoms with Gasteiger partial charge in [-0.2, -0.15) is 0 Å². The van der Waals surface area contributed by atoms with Crippen molar-refractivity contribution < 1.29 is 0 Å². The molecule has 0 unspecified atom stereocenters. The summed E-state index contributed by atoms with van der Waals surface area (Å²) >= 11 is 1.62. The van der Waals surface area contributed by atoms with E-state index in [9.17, 15) is 0 Å². The summed E-state index contributed by atoms with van der Waals surface area (Å²) in [7, 11) is 2.04. The quantitative estimate of drug-likeness (QED) is 0.672. The second-order valence-electron chi connectivity index (χ2n) is 4.74. The summed E-state index contributed by atoms with van der Waals surface area (Å²) in [6.07, 6.45) is 0. The second kappa shape index (κ2) is 4.49. The van der Waals surface area contributed by atoms with Crippen LogP contribution in [-0.4, -0.2) is 25.5 Å². The van der Waals surface area contributed by atoms with E-state index in [1.165, 1.54) is 16.6 Å². The van der Waals surface area contributed by atoms with Gasteiger partial charge < -0.3 is 4.57 Å². The SMILES string of the molecule is CCSc1nnc2c3cc(C)cc(C)c3n(C)c2n1. The van der Waals surface area contributed by atoms with Crippen molar-refractivity contribution in [2.45, 2.75) is 25.9 Å². The van der Waals surface area contributed by atoms with E-state index < -0.39 is 0 Å². The zero-order valence-electron chi connectivity index (χ0n) is 11.6. The zero-order valence-corrected chi connectivity index (χ0v) is 12.4. The highest BCUT2D eigenvalue weighted by Crippen LogP contribution is 2.29. The average Bonchev–Trinajstić information content (AvgIpc) is 2.63. The molecule has 2 aromatic heterocycles. The molecule has 3 aromatic rings. The van der Waals surface area contributed by atoms with Gasteiger partial charge in [-0.15, -0.1) is 10.2 Å². The van der Waals surface area contributed by atoms with Gasteiger partial charge in [0.1, 0.15) is 5.52 Å². The Kier molecular flexibility index (Phi) is 2.93. The molecule has 2 heterocycles. The Morgan fingerprint density at radius 3 is 2.74 bits per heavy atom. The molecule has 1 aromatic carbocycles. The van der Waals surface area contributed by atoms with E-state index in [1.807, 2.05) is 7.05 Å². The fraction of sp³-hybridized carbons (Fsp3) is 0.357. The van der Waals surface area contributed by atoms with E-state index in [2.05, 4.69) is 52.7 Å². The smallest absolute Gasteiger partial charge is 0.211 e. The van der Waals surface area contributed by atoms with Gasteiger partial charge in [-0.05, 0) is 31.2 Å². The highest BCUT2D eigenvalue weighted by Gasteiger charge is 2.14. The molecule has 0 fully saturated rings. The van der Waals surface area contributed by atoms with Crippen LogP contribution in [0.3, 0.4) is 0 Å². The largest absolute Gasteiger partial charge is 0.327 e. The van der Waals surface area contributed by atoms with E-state index in [0.29, 0.717) is 0 Å². The van der Waals surface area contributed by atoms with Crippen molar-refractivity contribution in [2.24, 2.45) is 7.05 Å². The first kappa shape index (κ1) is 12.4. The minimum atomic E-state index is 0.746. The van der Waals surface area contributed by atoms with Crippen LogP contribution in [-0.2, 0) is 7.05 Å². The number of thioether (sulfide) groups is 1. The van der Waals surface area contributed by atoms with Gasteiger partial charge >= 0.3 is 0 Å². The van der Waals surface area contributed by atoms with E-state index in [4.69, 9.17) is 0 Å². The van der Waals surface area contributed by atoms with E-state index in [0.717, 1.165) is 27.5 Å². The first-order chi connectivity index (χ1) is 9.11. The molecule has 0 N–H and O–H groups in total. The molecular weight excluding hydrogens is 256 g/mol. The predicted octanol–water partition coefficient (Wildman–Crippen LogP) is 3.25. The molecule has 0 amide bonds. The number of hydrogen-bond acceptors (Lipinski definition) is 4. The first-order valence-electron chi connectivity index (χ1n) is 6.34.